The zero-order chi connectivity index (χ0) is 9.84. The minimum Gasteiger partial charge on any atom is -0.258 e. The number of nitro groups is 1. The van der Waals surface area contributed by atoms with Gasteiger partial charge in [-0.05, 0) is 18.1 Å². The van der Waals surface area contributed by atoms with Gasteiger partial charge in [-0.15, -0.1) is 5.73 Å². The van der Waals surface area contributed by atoms with Crippen molar-refractivity contribution in [2.24, 2.45) is 0 Å². The lowest BCUT2D eigenvalue weighted by molar-refractivity contribution is -0.384. The summed E-state index contributed by atoms with van der Waals surface area (Å²) in [4.78, 5) is 10.0. The molecular weight excluding hydrogens is 166 g/mol. The van der Waals surface area contributed by atoms with E-state index in [1.807, 2.05) is 6.92 Å². The van der Waals surface area contributed by atoms with E-state index < -0.39 is 4.92 Å². The number of benzene rings is 1. The van der Waals surface area contributed by atoms with Gasteiger partial charge in [0.2, 0.25) is 0 Å². The molecule has 3 nitrogen and oxygen atoms in total. The predicted molar refractivity (Wildman–Crippen MR) is 51.3 cm³/mol. The van der Waals surface area contributed by atoms with Gasteiger partial charge in [0, 0.05) is 12.1 Å². The normalized spacial score (nSPS) is 9.00. The number of hydrogen-bond acceptors (Lipinski definition) is 2. The van der Waals surface area contributed by atoms with Gasteiger partial charge in [0.25, 0.3) is 5.69 Å². The van der Waals surface area contributed by atoms with Crippen molar-refractivity contribution in [2.45, 2.75) is 6.92 Å². The van der Waals surface area contributed by atoms with Crippen LogP contribution < -0.4 is 0 Å². The van der Waals surface area contributed by atoms with E-state index in [0.717, 1.165) is 11.1 Å². The van der Waals surface area contributed by atoms with Crippen molar-refractivity contribution >= 4 is 11.3 Å². The highest BCUT2D eigenvalue weighted by molar-refractivity contribution is 5.64. The maximum Gasteiger partial charge on any atom is 0.270 e. The molecule has 3 heteroatoms. The van der Waals surface area contributed by atoms with Gasteiger partial charge >= 0.3 is 0 Å². The lowest BCUT2D eigenvalue weighted by atomic mass is 10.1. The lowest BCUT2D eigenvalue weighted by Gasteiger charge is -1.97. The third-order valence-corrected chi connectivity index (χ3v) is 1.76. The second-order valence-corrected chi connectivity index (χ2v) is 2.61. The fraction of sp³-hybridized carbons (Fsp3) is 0.100. The van der Waals surface area contributed by atoms with Gasteiger partial charge in [-0.25, -0.2) is 0 Å². The molecule has 1 aromatic carbocycles. The van der Waals surface area contributed by atoms with Crippen molar-refractivity contribution in [1.29, 1.82) is 0 Å². The summed E-state index contributed by atoms with van der Waals surface area (Å²) in [6.45, 7) is 5.29. The highest BCUT2D eigenvalue weighted by Crippen LogP contribution is 2.18. The molecule has 0 bridgehead atoms. The Morgan fingerprint density at radius 1 is 1.62 bits per heavy atom. The molecule has 66 valence electrons. The van der Waals surface area contributed by atoms with E-state index in [1.54, 1.807) is 12.1 Å². The topological polar surface area (TPSA) is 43.1 Å². The van der Waals surface area contributed by atoms with E-state index in [0.29, 0.717) is 0 Å². The van der Waals surface area contributed by atoms with Crippen molar-refractivity contribution < 1.29 is 4.92 Å². The average Bonchev–Trinajstić information content (AvgIpc) is 2.17. The number of nitrogens with zero attached hydrogens (tertiary/aromatic N) is 1. The van der Waals surface area contributed by atoms with Gasteiger partial charge in [0.05, 0.1) is 4.92 Å². The fourth-order valence-electron chi connectivity index (χ4n) is 0.955. The van der Waals surface area contributed by atoms with E-state index in [4.69, 9.17) is 0 Å². The first kappa shape index (κ1) is 9.23. The molecule has 0 aliphatic carbocycles. The molecule has 0 saturated heterocycles. The summed E-state index contributed by atoms with van der Waals surface area (Å²) in [5.41, 5.74) is 4.37. The van der Waals surface area contributed by atoms with Crippen LogP contribution in [0.15, 0.2) is 36.6 Å². The maximum absolute atomic E-state index is 10.4. The van der Waals surface area contributed by atoms with Crippen LogP contribution in [0.1, 0.15) is 12.5 Å². The van der Waals surface area contributed by atoms with Gasteiger partial charge in [0.1, 0.15) is 0 Å². The molecule has 0 aromatic heterocycles. The van der Waals surface area contributed by atoms with E-state index in [9.17, 15) is 10.1 Å². The number of non-ortho nitro benzene ring substituents is 1. The quantitative estimate of drug-likeness (QED) is 0.394. The third-order valence-electron chi connectivity index (χ3n) is 1.76. The Hall–Kier alpha value is -1.86. The van der Waals surface area contributed by atoms with E-state index in [-0.39, 0.29) is 5.69 Å². The highest BCUT2D eigenvalue weighted by Gasteiger charge is 2.05. The minimum atomic E-state index is -0.417. The molecule has 0 atom stereocenters. The zero-order valence-corrected chi connectivity index (χ0v) is 7.28. The number of nitro benzene ring substituents is 1. The molecule has 0 heterocycles. The van der Waals surface area contributed by atoms with Gasteiger partial charge in [0.15, 0.2) is 0 Å². The molecule has 0 unspecified atom stereocenters. The summed E-state index contributed by atoms with van der Waals surface area (Å²) in [6.07, 6.45) is 0. The number of allylic oxidation sites excluding steroid dienone is 1. The summed E-state index contributed by atoms with van der Waals surface area (Å²) < 4.78 is 0. The summed E-state index contributed by atoms with van der Waals surface area (Å²) in [5, 5.41) is 10.4. The molecule has 0 saturated carbocycles. The third kappa shape index (κ3) is 2.04. The Kier molecular flexibility index (Phi) is 2.62. The van der Waals surface area contributed by atoms with Crippen LogP contribution in [0, 0.1) is 10.1 Å². The van der Waals surface area contributed by atoms with Crippen LogP contribution in [0.3, 0.4) is 0 Å². The van der Waals surface area contributed by atoms with Crippen molar-refractivity contribution in [2.75, 3.05) is 0 Å². The lowest BCUT2D eigenvalue weighted by Crippen LogP contribution is -1.88. The van der Waals surface area contributed by atoms with Crippen LogP contribution in [-0.4, -0.2) is 4.92 Å². The Morgan fingerprint density at radius 3 is 2.85 bits per heavy atom. The smallest absolute Gasteiger partial charge is 0.258 e. The van der Waals surface area contributed by atoms with Gasteiger partial charge < -0.3 is 0 Å². The van der Waals surface area contributed by atoms with Crippen LogP contribution in [0.4, 0.5) is 5.69 Å². The van der Waals surface area contributed by atoms with Crippen molar-refractivity contribution in [1.82, 2.24) is 0 Å². The average molecular weight is 175 g/mol. The Bertz CT molecular complexity index is 390. The SMILES string of the molecule is C=C=C(C)c1cccc([N+](=O)[O-])c1. The highest BCUT2D eigenvalue weighted by atomic mass is 16.6. The summed E-state index contributed by atoms with van der Waals surface area (Å²) in [5.74, 6) is 0. The molecule has 1 aromatic rings. The van der Waals surface area contributed by atoms with Gasteiger partial charge in [-0.2, -0.15) is 0 Å². The van der Waals surface area contributed by atoms with Crippen molar-refractivity contribution in [3.05, 3.63) is 52.3 Å². The molecule has 0 radical (unpaired) electrons. The Labute approximate surface area is 76.2 Å². The zero-order valence-electron chi connectivity index (χ0n) is 7.28. The van der Waals surface area contributed by atoms with Crippen LogP contribution in [0.2, 0.25) is 0 Å². The van der Waals surface area contributed by atoms with E-state index in [2.05, 4.69) is 12.3 Å². The van der Waals surface area contributed by atoms with Crippen molar-refractivity contribution in [3.63, 3.8) is 0 Å². The summed E-state index contributed by atoms with van der Waals surface area (Å²) in [7, 11) is 0. The second kappa shape index (κ2) is 3.70. The molecule has 13 heavy (non-hydrogen) atoms. The molecule has 0 spiro atoms. The summed E-state index contributed by atoms with van der Waals surface area (Å²) in [6, 6.07) is 6.40. The minimum absolute atomic E-state index is 0.0899. The first-order valence-corrected chi connectivity index (χ1v) is 3.76. The fourth-order valence-corrected chi connectivity index (χ4v) is 0.955. The number of rotatable bonds is 2. The molecule has 0 fully saturated rings. The maximum atomic E-state index is 10.4. The Morgan fingerprint density at radius 2 is 2.31 bits per heavy atom. The molecule has 1 rings (SSSR count). The molecule has 0 aliphatic heterocycles. The molecule has 0 N–H and O–H groups in total. The molecule has 0 aliphatic rings. The monoisotopic (exact) mass is 175 g/mol. The van der Waals surface area contributed by atoms with E-state index in [1.165, 1.54) is 12.1 Å². The standard InChI is InChI=1S/C10H9NO2/c1-3-8(2)9-5-4-6-10(7-9)11(12)13/h4-7H,1H2,2H3. The Balaban J connectivity index is 3.20. The van der Waals surface area contributed by atoms with Crippen LogP contribution in [0.25, 0.3) is 5.57 Å². The first-order chi connectivity index (χ1) is 6.15. The molecule has 0 amide bonds. The second-order valence-electron chi connectivity index (χ2n) is 2.61. The van der Waals surface area contributed by atoms with Crippen molar-refractivity contribution in [3.8, 4) is 0 Å². The first-order valence-electron chi connectivity index (χ1n) is 3.76. The predicted octanol–water partition coefficient (Wildman–Crippen LogP) is 2.78. The van der Waals surface area contributed by atoms with Crippen LogP contribution in [0.5, 0.6) is 0 Å². The number of hydrogen-bond donors (Lipinski definition) is 0. The van der Waals surface area contributed by atoms with Crippen LogP contribution in [-0.2, 0) is 0 Å². The van der Waals surface area contributed by atoms with E-state index >= 15 is 0 Å². The molecular formula is C10H9NO2. The van der Waals surface area contributed by atoms with Crippen LogP contribution >= 0.6 is 0 Å². The van der Waals surface area contributed by atoms with Gasteiger partial charge in [-0.1, -0.05) is 18.7 Å². The summed E-state index contributed by atoms with van der Waals surface area (Å²) >= 11 is 0. The largest absolute Gasteiger partial charge is 0.270 e. The van der Waals surface area contributed by atoms with Gasteiger partial charge in [-0.3, -0.25) is 10.1 Å².